The summed E-state index contributed by atoms with van der Waals surface area (Å²) in [4.78, 5) is 24.0. The molecule has 2 rings (SSSR count). The Balaban J connectivity index is 2.17. The first-order valence-corrected chi connectivity index (χ1v) is 8.08. The fourth-order valence-electron chi connectivity index (χ4n) is 2.27. The predicted molar refractivity (Wildman–Crippen MR) is 94.8 cm³/mol. The summed E-state index contributed by atoms with van der Waals surface area (Å²) < 4.78 is 43.3. The van der Waals surface area contributed by atoms with Gasteiger partial charge in [0.25, 0.3) is 0 Å². The Morgan fingerprint density at radius 1 is 1.15 bits per heavy atom. The molecule has 0 aliphatic carbocycles. The summed E-state index contributed by atoms with van der Waals surface area (Å²) in [7, 11) is 1.19. The van der Waals surface area contributed by atoms with Crippen LogP contribution in [0.4, 0.5) is 13.2 Å². The number of ether oxygens (including phenoxy) is 1. The molecule has 0 heterocycles. The van der Waals surface area contributed by atoms with E-state index < -0.39 is 34.7 Å². The number of esters is 1. The summed E-state index contributed by atoms with van der Waals surface area (Å²) in [5.74, 6) is -1.34. The molecule has 0 bridgehead atoms. The van der Waals surface area contributed by atoms with E-state index in [1.165, 1.54) is 19.3 Å². The number of rotatable bonds is 5. The van der Waals surface area contributed by atoms with Crippen LogP contribution in [0.25, 0.3) is 6.08 Å². The van der Waals surface area contributed by atoms with Gasteiger partial charge in [-0.05, 0) is 29.3 Å². The molecule has 142 valence electrons. The minimum Gasteiger partial charge on any atom is -0.467 e. The third-order valence-electron chi connectivity index (χ3n) is 3.58. The first kappa shape index (κ1) is 20.5. The molecule has 8 heteroatoms. The maximum atomic E-state index is 12.9. The summed E-state index contributed by atoms with van der Waals surface area (Å²) in [6, 6.07) is 10.7. The number of halogens is 4. The van der Waals surface area contributed by atoms with Gasteiger partial charge in [0, 0.05) is 6.08 Å². The number of methoxy groups -OCH3 is 1. The molecule has 0 spiro atoms. The van der Waals surface area contributed by atoms with E-state index in [1.807, 2.05) is 0 Å². The van der Waals surface area contributed by atoms with Crippen molar-refractivity contribution in [2.45, 2.75) is 12.2 Å². The van der Waals surface area contributed by atoms with E-state index in [9.17, 15) is 22.8 Å². The highest BCUT2D eigenvalue weighted by molar-refractivity contribution is 6.31. The molecule has 0 saturated heterocycles. The highest BCUT2D eigenvalue weighted by Gasteiger charge is 2.33. The van der Waals surface area contributed by atoms with Crippen LogP contribution in [0.1, 0.15) is 22.7 Å². The van der Waals surface area contributed by atoms with Crippen molar-refractivity contribution in [3.05, 3.63) is 76.3 Å². The molecule has 1 unspecified atom stereocenters. The summed E-state index contributed by atoms with van der Waals surface area (Å²) >= 11 is 5.56. The minimum atomic E-state index is -4.60. The Bertz CT molecular complexity index is 851. The highest BCUT2D eigenvalue weighted by atomic mass is 35.5. The van der Waals surface area contributed by atoms with Gasteiger partial charge >= 0.3 is 12.1 Å². The minimum absolute atomic E-state index is 0.135. The van der Waals surface area contributed by atoms with E-state index in [0.29, 0.717) is 5.56 Å². The SMILES string of the molecule is COC(=O)C(NC(=O)C=Cc1ccc(Cl)c(C(F)(F)F)c1)c1ccccc1. The summed E-state index contributed by atoms with van der Waals surface area (Å²) in [5.41, 5.74) is -0.350. The van der Waals surface area contributed by atoms with Crippen molar-refractivity contribution < 1.29 is 27.5 Å². The Morgan fingerprint density at radius 2 is 1.81 bits per heavy atom. The molecule has 0 aliphatic heterocycles. The van der Waals surface area contributed by atoms with Gasteiger partial charge in [-0.15, -0.1) is 0 Å². The van der Waals surface area contributed by atoms with Crippen molar-refractivity contribution in [3.8, 4) is 0 Å². The molecular weight excluding hydrogens is 383 g/mol. The lowest BCUT2D eigenvalue weighted by atomic mass is 10.1. The number of hydrogen-bond donors (Lipinski definition) is 1. The van der Waals surface area contributed by atoms with Crippen LogP contribution >= 0.6 is 11.6 Å². The van der Waals surface area contributed by atoms with Crippen LogP contribution in [0, 0.1) is 0 Å². The van der Waals surface area contributed by atoms with Crippen molar-refractivity contribution in [2.75, 3.05) is 7.11 Å². The Hall–Kier alpha value is -2.80. The second-order valence-corrected chi connectivity index (χ2v) is 5.85. The molecule has 0 aliphatic rings. The van der Waals surface area contributed by atoms with Crippen LogP contribution in [0.3, 0.4) is 0 Å². The van der Waals surface area contributed by atoms with Crippen molar-refractivity contribution in [3.63, 3.8) is 0 Å². The predicted octanol–water partition coefficient (Wildman–Crippen LogP) is 4.40. The number of alkyl halides is 3. The number of nitrogens with one attached hydrogen (secondary N) is 1. The second kappa shape index (κ2) is 8.73. The molecule has 0 fully saturated rings. The van der Waals surface area contributed by atoms with Gasteiger partial charge in [0.1, 0.15) is 0 Å². The van der Waals surface area contributed by atoms with Gasteiger partial charge in [0.15, 0.2) is 6.04 Å². The lowest BCUT2D eigenvalue weighted by molar-refractivity contribution is -0.144. The Labute approximate surface area is 158 Å². The Morgan fingerprint density at radius 3 is 2.41 bits per heavy atom. The lowest BCUT2D eigenvalue weighted by Gasteiger charge is -2.15. The van der Waals surface area contributed by atoms with E-state index in [1.54, 1.807) is 30.3 Å². The number of carbonyl (C=O) groups excluding carboxylic acids is 2. The molecule has 2 aromatic rings. The van der Waals surface area contributed by atoms with Crippen molar-refractivity contribution in [1.82, 2.24) is 5.32 Å². The van der Waals surface area contributed by atoms with Crippen LogP contribution in [0.2, 0.25) is 5.02 Å². The topological polar surface area (TPSA) is 55.4 Å². The summed E-state index contributed by atoms with van der Waals surface area (Å²) in [6.45, 7) is 0. The maximum absolute atomic E-state index is 12.9. The smallest absolute Gasteiger partial charge is 0.417 e. The molecule has 0 radical (unpaired) electrons. The van der Waals surface area contributed by atoms with E-state index >= 15 is 0 Å². The lowest BCUT2D eigenvalue weighted by Crippen LogP contribution is -2.33. The molecule has 27 heavy (non-hydrogen) atoms. The zero-order valence-corrected chi connectivity index (χ0v) is 14.8. The largest absolute Gasteiger partial charge is 0.467 e. The van der Waals surface area contributed by atoms with Gasteiger partial charge in [-0.2, -0.15) is 13.2 Å². The fourth-order valence-corrected chi connectivity index (χ4v) is 2.49. The van der Waals surface area contributed by atoms with Gasteiger partial charge in [-0.1, -0.05) is 48.0 Å². The maximum Gasteiger partial charge on any atom is 0.417 e. The normalized spacial score (nSPS) is 12.6. The van der Waals surface area contributed by atoms with Crippen molar-refractivity contribution in [1.29, 1.82) is 0 Å². The third kappa shape index (κ3) is 5.59. The number of hydrogen-bond acceptors (Lipinski definition) is 3. The first-order valence-electron chi connectivity index (χ1n) is 7.70. The van der Waals surface area contributed by atoms with Gasteiger partial charge in [0.05, 0.1) is 17.7 Å². The third-order valence-corrected chi connectivity index (χ3v) is 3.91. The summed E-state index contributed by atoms with van der Waals surface area (Å²) in [5, 5.41) is 2.03. The van der Waals surface area contributed by atoms with E-state index in [2.05, 4.69) is 10.1 Å². The average Bonchev–Trinajstić information content (AvgIpc) is 2.64. The van der Waals surface area contributed by atoms with Crippen LogP contribution in [-0.4, -0.2) is 19.0 Å². The monoisotopic (exact) mass is 397 g/mol. The molecule has 2 aromatic carbocycles. The number of benzene rings is 2. The fraction of sp³-hybridized carbons (Fsp3) is 0.158. The molecule has 1 amide bonds. The zero-order valence-electron chi connectivity index (χ0n) is 14.1. The van der Waals surface area contributed by atoms with Gasteiger partial charge in [-0.25, -0.2) is 4.79 Å². The van der Waals surface area contributed by atoms with Crippen LogP contribution in [0.15, 0.2) is 54.6 Å². The van der Waals surface area contributed by atoms with Crippen molar-refractivity contribution in [2.24, 2.45) is 0 Å². The van der Waals surface area contributed by atoms with Crippen molar-refractivity contribution >= 4 is 29.6 Å². The quantitative estimate of drug-likeness (QED) is 0.601. The zero-order chi connectivity index (χ0) is 20.0. The van der Waals surface area contributed by atoms with E-state index in [0.717, 1.165) is 18.2 Å². The standard InChI is InChI=1S/C19H15ClF3NO3/c1-27-18(26)17(13-5-3-2-4-6-13)24-16(25)10-8-12-7-9-15(20)14(11-12)19(21,22)23/h2-11,17H,1H3,(H,24,25). The molecular formula is C19H15ClF3NO3. The van der Waals surface area contributed by atoms with Crippen LogP contribution < -0.4 is 5.32 Å². The van der Waals surface area contributed by atoms with Gasteiger partial charge in [-0.3, -0.25) is 4.79 Å². The van der Waals surface area contributed by atoms with Gasteiger partial charge in [0.2, 0.25) is 5.91 Å². The van der Waals surface area contributed by atoms with E-state index in [-0.39, 0.29) is 5.56 Å². The highest BCUT2D eigenvalue weighted by Crippen LogP contribution is 2.35. The number of carbonyl (C=O) groups is 2. The summed E-state index contributed by atoms with van der Waals surface area (Å²) in [6.07, 6.45) is -2.38. The molecule has 4 nitrogen and oxygen atoms in total. The second-order valence-electron chi connectivity index (χ2n) is 5.45. The van der Waals surface area contributed by atoms with Crippen LogP contribution in [0.5, 0.6) is 0 Å². The number of amides is 1. The molecule has 0 aromatic heterocycles. The van der Waals surface area contributed by atoms with Crippen LogP contribution in [-0.2, 0) is 20.5 Å². The van der Waals surface area contributed by atoms with E-state index in [4.69, 9.17) is 11.6 Å². The molecule has 0 saturated carbocycles. The molecule has 1 atom stereocenters. The van der Waals surface area contributed by atoms with Gasteiger partial charge < -0.3 is 10.1 Å². The molecule has 1 N–H and O–H groups in total. The average molecular weight is 398 g/mol. The Kier molecular flexibility index (Phi) is 6.63. The first-order chi connectivity index (χ1) is 12.7.